The van der Waals surface area contributed by atoms with Gasteiger partial charge in [0.1, 0.15) is 5.69 Å². The molecule has 28 heavy (non-hydrogen) atoms. The number of ether oxygens (including phenoxy) is 2. The van der Waals surface area contributed by atoms with Crippen molar-refractivity contribution in [2.24, 2.45) is 0 Å². The Labute approximate surface area is 165 Å². The maximum atomic E-state index is 12.9. The molecule has 0 radical (unpaired) electrons. The average Bonchev–Trinajstić information content (AvgIpc) is 3.21. The third-order valence-corrected chi connectivity index (χ3v) is 5.51. The molecule has 0 aromatic carbocycles. The van der Waals surface area contributed by atoms with Crippen molar-refractivity contribution in [3.8, 4) is 0 Å². The lowest BCUT2D eigenvalue weighted by atomic mass is 10.0. The third kappa shape index (κ3) is 4.15. The van der Waals surface area contributed by atoms with Crippen molar-refractivity contribution in [1.82, 2.24) is 14.9 Å². The number of hydrogen-bond donors (Lipinski definition) is 0. The summed E-state index contributed by atoms with van der Waals surface area (Å²) in [4.78, 5) is 25.3. The van der Waals surface area contributed by atoms with Crippen molar-refractivity contribution in [1.29, 1.82) is 0 Å². The van der Waals surface area contributed by atoms with E-state index in [1.807, 2.05) is 48.6 Å². The number of rotatable bonds is 5. The van der Waals surface area contributed by atoms with Gasteiger partial charge < -0.3 is 19.3 Å². The first-order chi connectivity index (χ1) is 13.7. The molecule has 2 saturated heterocycles. The van der Waals surface area contributed by atoms with Crippen LogP contribution in [0.4, 0.5) is 5.69 Å². The van der Waals surface area contributed by atoms with Crippen LogP contribution in [0.1, 0.15) is 28.9 Å². The number of likely N-dealkylation sites (tertiary alicyclic amines) is 1. The van der Waals surface area contributed by atoms with Crippen LogP contribution in [0.2, 0.25) is 0 Å². The van der Waals surface area contributed by atoms with Gasteiger partial charge in [-0.1, -0.05) is 0 Å². The van der Waals surface area contributed by atoms with Gasteiger partial charge in [0.25, 0.3) is 5.91 Å². The monoisotopic (exact) mass is 382 g/mol. The van der Waals surface area contributed by atoms with E-state index in [0.717, 1.165) is 18.7 Å². The predicted molar refractivity (Wildman–Crippen MR) is 105 cm³/mol. The SMILES string of the molecule is CN(CCc1ccncc1)c1ccnc(C(=O)N2CCC3(CC2)OCCO3)c1. The van der Waals surface area contributed by atoms with Crippen LogP contribution < -0.4 is 4.90 Å². The summed E-state index contributed by atoms with van der Waals surface area (Å²) >= 11 is 0. The van der Waals surface area contributed by atoms with Crippen LogP contribution in [0.15, 0.2) is 42.9 Å². The zero-order valence-corrected chi connectivity index (χ0v) is 16.2. The number of amides is 1. The molecular formula is C21H26N4O3. The minimum atomic E-state index is -0.473. The lowest BCUT2D eigenvalue weighted by Gasteiger charge is -2.37. The summed E-state index contributed by atoms with van der Waals surface area (Å²) in [6.45, 7) is 3.39. The average molecular weight is 382 g/mol. The highest BCUT2D eigenvalue weighted by atomic mass is 16.7. The van der Waals surface area contributed by atoms with Gasteiger partial charge in [0, 0.05) is 63.8 Å². The molecule has 2 aliphatic rings. The second kappa shape index (κ2) is 8.24. The zero-order valence-electron chi connectivity index (χ0n) is 16.2. The van der Waals surface area contributed by atoms with Gasteiger partial charge in [0.2, 0.25) is 0 Å². The third-order valence-electron chi connectivity index (χ3n) is 5.51. The molecule has 2 aliphatic heterocycles. The first-order valence-corrected chi connectivity index (χ1v) is 9.79. The van der Waals surface area contributed by atoms with Crippen LogP contribution in [0, 0.1) is 0 Å². The molecule has 0 aliphatic carbocycles. The largest absolute Gasteiger partial charge is 0.374 e. The highest BCUT2D eigenvalue weighted by Crippen LogP contribution is 2.31. The van der Waals surface area contributed by atoms with Gasteiger partial charge in [-0.2, -0.15) is 0 Å². The van der Waals surface area contributed by atoms with Crippen molar-refractivity contribution in [3.05, 3.63) is 54.1 Å². The summed E-state index contributed by atoms with van der Waals surface area (Å²) in [5.74, 6) is -0.503. The number of carbonyl (C=O) groups is 1. The molecule has 2 aromatic heterocycles. The second-order valence-electron chi connectivity index (χ2n) is 7.33. The normalized spacial score (nSPS) is 18.4. The van der Waals surface area contributed by atoms with Crippen molar-refractivity contribution in [3.63, 3.8) is 0 Å². The fourth-order valence-electron chi connectivity index (χ4n) is 3.75. The molecule has 0 atom stereocenters. The molecule has 4 rings (SSSR count). The Morgan fingerprint density at radius 3 is 2.57 bits per heavy atom. The highest BCUT2D eigenvalue weighted by Gasteiger charge is 2.41. The maximum Gasteiger partial charge on any atom is 0.272 e. The van der Waals surface area contributed by atoms with E-state index >= 15 is 0 Å². The first-order valence-electron chi connectivity index (χ1n) is 9.79. The van der Waals surface area contributed by atoms with E-state index in [0.29, 0.717) is 44.8 Å². The molecule has 148 valence electrons. The number of hydrogen-bond acceptors (Lipinski definition) is 6. The van der Waals surface area contributed by atoms with E-state index in [9.17, 15) is 4.79 Å². The molecule has 2 aromatic rings. The molecule has 1 amide bonds. The summed E-state index contributed by atoms with van der Waals surface area (Å²) < 4.78 is 11.5. The van der Waals surface area contributed by atoms with Crippen LogP contribution in [0.25, 0.3) is 0 Å². The summed E-state index contributed by atoms with van der Waals surface area (Å²) in [5, 5.41) is 0. The Kier molecular flexibility index (Phi) is 5.54. The fourth-order valence-corrected chi connectivity index (χ4v) is 3.75. The summed E-state index contributed by atoms with van der Waals surface area (Å²) in [7, 11) is 2.03. The molecule has 0 bridgehead atoms. The van der Waals surface area contributed by atoms with Gasteiger partial charge in [-0.25, -0.2) is 0 Å². The van der Waals surface area contributed by atoms with Crippen LogP contribution in [-0.2, 0) is 15.9 Å². The van der Waals surface area contributed by atoms with E-state index in [-0.39, 0.29) is 5.91 Å². The number of anilines is 1. The number of piperidine rings is 1. The number of carbonyl (C=O) groups excluding carboxylic acids is 1. The predicted octanol–water partition coefficient (Wildman–Crippen LogP) is 2.13. The molecule has 0 unspecified atom stereocenters. The number of pyridine rings is 2. The molecule has 7 nitrogen and oxygen atoms in total. The number of nitrogens with zero attached hydrogens (tertiary/aromatic N) is 4. The Morgan fingerprint density at radius 1 is 1.14 bits per heavy atom. The molecule has 0 saturated carbocycles. The molecule has 7 heteroatoms. The summed E-state index contributed by atoms with van der Waals surface area (Å²) in [6.07, 6.45) is 7.67. The van der Waals surface area contributed by atoms with Crippen molar-refractivity contribution < 1.29 is 14.3 Å². The standard InChI is InChI=1S/C21H26N4O3/c1-24(11-5-17-2-8-22-9-3-17)18-4-10-23-19(16-18)20(26)25-12-6-21(7-13-25)27-14-15-28-21/h2-4,8-10,16H,5-7,11-15H2,1H3. The summed E-state index contributed by atoms with van der Waals surface area (Å²) in [6, 6.07) is 7.86. The van der Waals surface area contributed by atoms with Gasteiger partial charge in [0.05, 0.1) is 13.2 Å². The fraction of sp³-hybridized carbons (Fsp3) is 0.476. The zero-order chi connectivity index (χ0) is 19.4. The smallest absolute Gasteiger partial charge is 0.272 e. The van der Waals surface area contributed by atoms with E-state index < -0.39 is 5.79 Å². The van der Waals surface area contributed by atoms with Gasteiger partial charge in [0.15, 0.2) is 5.79 Å². The Hall–Kier alpha value is -2.51. The van der Waals surface area contributed by atoms with Crippen molar-refractivity contribution >= 4 is 11.6 Å². The molecule has 1 spiro atoms. The van der Waals surface area contributed by atoms with Gasteiger partial charge in [-0.3, -0.25) is 14.8 Å². The first kappa shape index (κ1) is 18.8. The quantitative estimate of drug-likeness (QED) is 0.789. The minimum absolute atomic E-state index is 0.0303. The van der Waals surface area contributed by atoms with Crippen LogP contribution in [0.3, 0.4) is 0 Å². The lowest BCUT2D eigenvalue weighted by Crippen LogP contribution is -2.47. The molecule has 2 fully saturated rings. The molecule has 4 heterocycles. The summed E-state index contributed by atoms with van der Waals surface area (Å²) in [5.41, 5.74) is 2.71. The second-order valence-corrected chi connectivity index (χ2v) is 7.33. The van der Waals surface area contributed by atoms with E-state index in [2.05, 4.69) is 14.9 Å². The van der Waals surface area contributed by atoms with Crippen molar-refractivity contribution in [2.75, 3.05) is 44.8 Å². The van der Waals surface area contributed by atoms with Gasteiger partial charge >= 0.3 is 0 Å². The van der Waals surface area contributed by atoms with E-state index in [1.54, 1.807) is 6.20 Å². The van der Waals surface area contributed by atoms with E-state index in [4.69, 9.17) is 9.47 Å². The van der Waals surface area contributed by atoms with Crippen LogP contribution in [-0.4, -0.2) is 66.5 Å². The van der Waals surface area contributed by atoms with Gasteiger partial charge in [-0.15, -0.1) is 0 Å². The molecular weight excluding hydrogens is 356 g/mol. The van der Waals surface area contributed by atoms with Gasteiger partial charge in [-0.05, 0) is 36.2 Å². The Bertz CT molecular complexity index is 798. The highest BCUT2D eigenvalue weighted by molar-refractivity contribution is 5.93. The number of likely N-dealkylation sites (N-methyl/N-ethyl adjacent to an activating group) is 1. The minimum Gasteiger partial charge on any atom is -0.374 e. The van der Waals surface area contributed by atoms with Crippen molar-refractivity contribution in [2.45, 2.75) is 25.0 Å². The number of aromatic nitrogens is 2. The Morgan fingerprint density at radius 2 is 1.86 bits per heavy atom. The Balaban J connectivity index is 1.37. The van der Waals surface area contributed by atoms with E-state index in [1.165, 1.54) is 5.56 Å². The van der Waals surface area contributed by atoms with Crippen LogP contribution >= 0.6 is 0 Å². The lowest BCUT2D eigenvalue weighted by molar-refractivity contribution is -0.181. The van der Waals surface area contributed by atoms with Crippen LogP contribution in [0.5, 0.6) is 0 Å². The molecule has 0 N–H and O–H groups in total. The maximum absolute atomic E-state index is 12.9. The topological polar surface area (TPSA) is 67.8 Å².